The number of methoxy groups -OCH3 is 1. The lowest BCUT2D eigenvalue weighted by molar-refractivity contribution is 0.0371. The summed E-state index contributed by atoms with van der Waals surface area (Å²) in [7, 11) is 1.65. The minimum atomic E-state index is -0.519. The maximum atomic E-state index is 10.2. The van der Waals surface area contributed by atoms with E-state index in [9.17, 15) is 5.11 Å². The molecule has 1 saturated heterocycles. The second-order valence-corrected chi connectivity index (χ2v) is 8.13. The molecule has 0 aliphatic carbocycles. The van der Waals surface area contributed by atoms with Gasteiger partial charge in [-0.2, -0.15) is 0 Å². The zero-order chi connectivity index (χ0) is 22.3. The smallest absolute Gasteiger partial charge is 0.161 e. The van der Waals surface area contributed by atoms with Gasteiger partial charge in [0.2, 0.25) is 0 Å². The van der Waals surface area contributed by atoms with E-state index >= 15 is 0 Å². The zero-order valence-electron chi connectivity index (χ0n) is 19.8. The van der Waals surface area contributed by atoms with Crippen LogP contribution in [0.3, 0.4) is 0 Å². The molecular formula is C24H43N3O4. The number of likely N-dealkylation sites (N-methyl/N-ethyl adjacent to an activating group) is 1. The molecule has 0 amide bonds. The summed E-state index contributed by atoms with van der Waals surface area (Å²) in [5, 5.41) is 13.7. The van der Waals surface area contributed by atoms with Gasteiger partial charge in [0.25, 0.3) is 0 Å². The Morgan fingerprint density at radius 3 is 2.61 bits per heavy atom. The van der Waals surface area contributed by atoms with Crippen molar-refractivity contribution in [3.05, 3.63) is 23.8 Å². The summed E-state index contributed by atoms with van der Waals surface area (Å²) in [5.41, 5.74) is 1.17. The van der Waals surface area contributed by atoms with Crippen LogP contribution in [0.5, 0.6) is 11.5 Å². The van der Waals surface area contributed by atoms with Gasteiger partial charge in [0, 0.05) is 26.2 Å². The van der Waals surface area contributed by atoms with E-state index in [4.69, 9.17) is 14.2 Å². The predicted molar refractivity (Wildman–Crippen MR) is 125 cm³/mol. The topological polar surface area (TPSA) is 66.4 Å². The molecule has 1 aliphatic heterocycles. The molecular weight excluding hydrogens is 394 g/mol. The third-order valence-electron chi connectivity index (χ3n) is 5.78. The lowest BCUT2D eigenvalue weighted by atomic mass is 10.2. The highest BCUT2D eigenvalue weighted by molar-refractivity contribution is 5.43. The quantitative estimate of drug-likeness (QED) is 0.385. The Labute approximate surface area is 188 Å². The molecule has 2 rings (SSSR count). The van der Waals surface area contributed by atoms with Crippen LogP contribution in [0.15, 0.2) is 18.2 Å². The summed E-state index contributed by atoms with van der Waals surface area (Å²) in [5.74, 6) is 1.38. The molecule has 0 saturated carbocycles. The molecule has 7 heteroatoms. The van der Waals surface area contributed by atoms with Crippen molar-refractivity contribution < 1.29 is 19.3 Å². The molecule has 0 aromatic heterocycles. The van der Waals surface area contributed by atoms with Gasteiger partial charge in [0.15, 0.2) is 11.5 Å². The third-order valence-corrected chi connectivity index (χ3v) is 5.78. The van der Waals surface area contributed by atoms with Crippen molar-refractivity contribution in [3.8, 4) is 11.5 Å². The lowest BCUT2D eigenvalue weighted by Crippen LogP contribution is -2.36. The molecule has 1 aromatic rings. The standard InChI is InChI=1S/C24H43N3O4/c1-4-26(5-2)19-22(28)20-31-23-10-9-21(17-24(23)29-3)18-25-11-7-6-8-12-27-13-15-30-16-14-27/h9-10,17,22,25,28H,4-8,11-16,18-20H2,1-3H3/t22-/m0/s1. The lowest BCUT2D eigenvalue weighted by Gasteiger charge is -2.26. The molecule has 0 radical (unpaired) electrons. The van der Waals surface area contributed by atoms with Crippen LogP contribution in [-0.4, -0.2) is 93.8 Å². The number of rotatable bonds is 16. The van der Waals surface area contributed by atoms with Crippen molar-refractivity contribution in [3.63, 3.8) is 0 Å². The monoisotopic (exact) mass is 437 g/mol. The molecule has 178 valence electrons. The minimum absolute atomic E-state index is 0.259. The first-order valence-corrected chi connectivity index (χ1v) is 11.9. The molecule has 0 bridgehead atoms. The number of nitrogens with zero attached hydrogens (tertiary/aromatic N) is 2. The first-order valence-electron chi connectivity index (χ1n) is 11.9. The number of aliphatic hydroxyl groups excluding tert-OH is 1. The van der Waals surface area contributed by atoms with Crippen LogP contribution >= 0.6 is 0 Å². The second kappa shape index (κ2) is 15.4. The van der Waals surface area contributed by atoms with Crippen LogP contribution < -0.4 is 14.8 Å². The van der Waals surface area contributed by atoms with E-state index in [1.165, 1.54) is 31.4 Å². The molecule has 1 fully saturated rings. The predicted octanol–water partition coefficient (Wildman–Crippen LogP) is 2.37. The first-order chi connectivity index (χ1) is 15.2. The highest BCUT2D eigenvalue weighted by Gasteiger charge is 2.12. The largest absolute Gasteiger partial charge is 0.493 e. The highest BCUT2D eigenvalue weighted by Crippen LogP contribution is 2.28. The van der Waals surface area contributed by atoms with E-state index in [1.807, 2.05) is 12.1 Å². The molecule has 0 spiro atoms. The summed E-state index contributed by atoms with van der Waals surface area (Å²) in [6.45, 7) is 13.8. The molecule has 7 nitrogen and oxygen atoms in total. The zero-order valence-corrected chi connectivity index (χ0v) is 19.8. The van der Waals surface area contributed by atoms with Crippen LogP contribution in [-0.2, 0) is 11.3 Å². The van der Waals surface area contributed by atoms with Crippen LogP contribution in [0, 0.1) is 0 Å². The molecule has 0 unspecified atom stereocenters. The van der Waals surface area contributed by atoms with Crippen LogP contribution in [0.2, 0.25) is 0 Å². The molecule has 1 heterocycles. The maximum Gasteiger partial charge on any atom is 0.161 e. The second-order valence-electron chi connectivity index (χ2n) is 8.13. The summed E-state index contributed by atoms with van der Waals surface area (Å²) in [4.78, 5) is 4.68. The minimum Gasteiger partial charge on any atom is -0.493 e. The SMILES string of the molecule is CCN(CC)C[C@H](O)COc1ccc(CNCCCCCN2CCOCC2)cc1OC. The number of ether oxygens (including phenoxy) is 3. The molecule has 1 aromatic carbocycles. The molecule has 1 aliphatic rings. The Balaban J connectivity index is 1.63. The van der Waals surface area contributed by atoms with Crippen LogP contribution in [0.25, 0.3) is 0 Å². The molecule has 1 atom stereocenters. The van der Waals surface area contributed by atoms with Gasteiger partial charge >= 0.3 is 0 Å². The van der Waals surface area contributed by atoms with Crippen molar-refractivity contribution in [2.75, 3.05) is 72.7 Å². The maximum absolute atomic E-state index is 10.2. The molecule has 2 N–H and O–H groups in total. The van der Waals surface area contributed by atoms with E-state index in [2.05, 4.69) is 35.0 Å². The average Bonchev–Trinajstić information content (AvgIpc) is 2.81. The van der Waals surface area contributed by atoms with E-state index in [0.717, 1.165) is 52.5 Å². The van der Waals surface area contributed by atoms with Crippen molar-refractivity contribution in [2.45, 2.75) is 45.8 Å². The Hall–Kier alpha value is -1.38. The fourth-order valence-corrected chi connectivity index (χ4v) is 3.78. The summed E-state index contributed by atoms with van der Waals surface area (Å²) >= 11 is 0. The van der Waals surface area contributed by atoms with Crippen LogP contribution in [0.4, 0.5) is 0 Å². The van der Waals surface area contributed by atoms with E-state index in [1.54, 1.807) is 7.11 Å². The van der Waals surface area contributed by atoms with Gasteiger partial charge in [-0.15, -0.1) is 0 Å². The van der Waals surface area contributed by atoms with Crippen molar-refractivity contribution in [1.82, 2.24) is 15.1 Å². The van der Waals surface area contributed by atoms with Gasteiger partial charge in [0.05, 0.1) is 20.3 Å². The van der Waals surface area contributed by atoms with Crippen LogP contribution in [0.1, 0.15) is 38.7 Å². The third kappa shape index (κ3) is 10.2. The number of hydrogen-bond donors (Lipinski definition) is 2. The van der Waals surface area contributed by atoms with Gasteiger partial charge in [-0.05, 0) is 56.7 Å². The van der Waals surface area contributed by atoms with Gasteiger partial charge < -0.3 is 29.5 Å². The summed E-state index contributed by atoms with van der Waals surface area (Å²) < 4.78 is 16.7. The first kappa shape index (κ1) is 25.9. The number of hydrogen-bond acceptors (Lipinski definition) is 7. The Morgan fingerprint density at radius 2 is 1.90 bits per heavy atom. The van der Waals surface area contributed by atoms with Gasteiger partial charge in [0.1, 0.15) is 12.7 Å². The fraction of sp³-hybridized carbons (Fsp3) is 0.750. The van der Waals surface area contributed by atoms with Crippen molar-refractivity contribution >= 4 is 0 Å². The molecule has 31 heavy (non-hydrogen) atoms. The number of aliphatic hydroxyl groups is 1. The van der Waals surface area contributed by atoms with Crippen molar-refractivity contribution in [2.24, 2.45) is 0 Å². The summed E-state index contributed by atoms with van der Waals surface area (Å²) in [6, 6.07) is 6.00. The average molecular weight is 438 g/mol. The number of unbranched alkanes of at least 4 members (excludes halogenated alkanes) is 2. The van der Waals surface area contributed by atoms with E-state index < -0.39 is 6.10 Å². The van der Waals surface area contributed by atoms with Crippen molar-refractivity contribution in [1.29, 1.82) is 0 Å². The Morgan fingerprint density at radius 1 is 1.13 bits per heavy atom. The number of nitrogens with one attached hydrogen (secondary N) is 1. The van der Waals surface area contributed by atoms with E-state index in [-0.39, 0.29) is 6.61 Å². The fourth-order valence-electron chi connectivity index (χ4n) is 3.78. The number of benzene rings is 1. The van der Waals surface area contributed by atoms with Gasteiger partial charge in [-0.25, -0.2) is 0 Å². The Bertz CT molecular complexity index is 592. The van der Waals surface area contributed by atoms with Gasteiger partial charge in [-0.3, -0.25) is 4.90 Å². The number of morpholine rings is 1. The highest BCUT2D eigenvalue weighted by atomic mass is 16.5. The Kier molecular flexibility index (Phi) is 12.9. The normalized spacial score (nSPS) is 15.9. The van der Waals surface area contributed by atoms with E-state index in [0.29, 0.717) is 18.0 Å². The van der Waals surface area contributed by atoms with Gasteiger partial charge in [-0.1, -0.05) is 26.3 Å². The summed E-state index contributed by atoms with van der Waals surface area (Å²) in [6.07, 6.45) is 3.17.